The molecule has 0 bridgehead atoms. The first-order valence-corrected chi connectivity index (χ1v) is 9.96. The number of carbonyl (C=O) groups excluding carboxylic acids is 2. The summed E-state index contributed by atoms with van der Waals surface area (Å²) in [6, 6.07) is 9.70. The minimum atomic E-state index is -0.529. The second-order valence-electron chi connectivity index (χ2n) is 7.57. The minimum Gasteiger partial charge on any atom is -0.348 e. The molecule has 0 aliphatic carbocycles. The number of benzene rings is 1. The van der Waals surface area contributed by atoms with Gasteiger partial charge in [0.05, 0.1) is 0 Å². The Morgan fingerprint density at radius 1 is 1.21 bits per heavy atom. The Kier molecular flexibility index (Phi) is 6.65. The molecule has 0 saturated carbocycles. The molecule has 1 aromatic carbocycles. The summed E-state index contributed by atoms with van der Waals surface area (Å²) in [5.41, 5.74) is 0.498. The second-order valence-corrected chi connectivity index (χ2v) is 7.57. The number of likely N-dealkylation sites (tertiary alicyclic amines) is 1. The summed E-state index contributed by atoms with van der Waals surface area (Å²) in [6.07, 6.45) is 6.63. The highest BCUT2D eigenvalue weighted by Crippen LogP contribution is 2.17. The van der Waals surface area contributed by atoms with Crippen molar-refractivity contribution in [3.63, 3.8) is 0 Å². The number of rotatable bonds is 6. The Morgan fingerprint density at radius 2 is 1.93 bits per heavy atom. The van der Waals surface area contributed by atoms with Crippen LogP contribution in [0, 0.1) is 5.92 Å². The lowest BCUT2D eigenvalue weighted by atomic mass is 9.99. The van der Waals surface area contributed by atoms with Crippen molar-refractivity contribution in [2.45, 2.75) is 26.3 Å². The van der Waals surface area contributed by atoms with E-state index in [4.69, 9.17) is 0 Å². The van der Waals surface area contributed by atoms with Crippen molar-refractivity contribution < 1.29 is 9.59 Å². The quantitative estimate of drug-likeness (QED) is 0.767. The molecule has 1 aliphatic rings. The summed E-state index contributed by atoms with van der Waals surface area (Å²) in [4.78, 5) is 40.4. The summed E-state index contributed by atoms with van der Waals surface area (Å²) in [7, 11) is 0. The van der Waals surface area contributed by atoms with Crippen LogP contribution in [0.1, 0.15) is 46.0 Å². The Labute approximate surface area is 170 Å². The van der Waals surface area contributed by atoms with E-state index in [2.05, 4.69) is 18.8 Å². The highest BCUT2D eigenvalue weighted by molar-refractivity contribution is 5.99. The van der Waals surface area contributed by atoms with E-state index in [1.807, 2.05) is 30.3 Å². The number of carbonyl (C=O) groups is 2. The third kappa shape index (κ3) is 5.02. The predicted octanol–water partition coefficient (Wildman–Crippen LogP) is 2.68. The van der Waals surface area contributed by atoms with Crippen LogP contribution >= 0.6 is 0 Å². The van der Waals surface area contributed by atoms with E-state index in [0.717, 1.165) is 18.4 Å². The van der Waals surface area contributed by atoms with Crippen LogP contribution < -0.4 is 10.7 Å². The first kappa shape index (κ1) is 20.6. The van der Waals surface area contributed by atoms with E-state index in [1.165, 1.54) is 6.20 Å². The Bertz CT molecular complexity index is 950. The zero-order chi connectivity index (χ0) is 20.8. The van der Waals surface area contributed by atoms with Crippen molar-refractivity contribution in [2.75, 3.05) is 19.6 Å². The summed E-state index contributed by atoms with van der Waals surface area (Å²) in [5, 5.41) is 2.64. The molecular formula is C23H27N3O3. The zero-order valence-corrected chi connectivity index (χ0v) is 16.8. The molecule has 1 saturated heterocycles. The van der Waals surface area contributed by atoms with Gasteiger partial charge in [0.15, 0.2) is 0 Å². The molecule has 1 unspecified atom stereocenters. The van der Waals surface area contributed by atoms with E-state index in [0.29, 0.717) is 25.6 Å². The van der Waals surface area contributed by atoms with Crippen LogP contribution in [0.3, 0.4) is 0 Å². The lowest BCUT2D eigenvalue weighted by Crippen LogP contribution is -2.42. The number of hydrogen-bond donors (Lipinski definition) is 1. The molecule has 2 heterocycles. The van der Waals surface area contributed by atoms with Crippen molar-refractivity contribution in [2.24, 2.45) is 5.92 Å². The molecule has 152 valence electrons. The van der Waals surface area contributed by atoms with Gasteiger partial charge in [-0.25, -0.2) is 0 Å². The van der Waals surface area contributed by atoms with Gasteiger partial charge in [-0.05, 0) is 24.3 Å². The second kappa shape index (κ2) is 9.37. The average molecular weight is 393 g/mol. The van der Waals surface area contributed by atoms with Gasteiger partial charge >= 0.3 is 0 Å². The molecule has 1 aromatic heterocycles. The first-order chi connectivity index (χ1) is 14.0. The van der Waals surface area contributed by atoms with Crippen LogP contribution in [-0.2, 0) is 6.54 Å². The first-order valence-electron chi connectivity index (χ1n) is 9.96. The number of pyridine rings is 1. The number of nitrogens with one attached hydrogen (secondary N) is 1. The van der Waals surface area contributed by atoms with Gasteiger partial charge in [0.25, 0.3) is 11.8 Å². The van der Waals surface area contributed by atoms with E-state index < -0.39 is 11.3 Å². The third-order valence-electron chi connectivity index (χ3n) is 5.11. The van der Waals surface area contributed by atoms with Crippen LogP contribution in [0.4, 0.5) is 0 Å². The Balaban J connectivity index is 1.99. The number of nitrogens with zero attached hydrogens (tertiary/aromatic N) is 2. The van der Waals surface area contributed by atoms with Gasteiger partial charge in [0.2, 0.25) is 5.43 Å². The van der Waals surface area contributed by atoms with Crippen LogP contribution in [0.5, 0.6) is 0 Å². The van der Waals surface area contributed by atoms with E-state index in [1.54, 1.807) is 21.7 Å². The normalized spacial score (nSPS) is 16.3. The molecule has 29 heavy (non-hydrogen) atoms. The standard InChI is InChI=1S/C23H27N3O3/c1-3-11-24-22(28)19-15-25(14-18-9-5-4-6-10-18)16-20(21(19)27)23(29)26-12-7-8-17(2)13-26/h3-6,9-10,15-17H,1,7-8,11-14H2,2H3,(H,24,28). The van der Waals surface area contributed by atoms with Crippen molar-refractivity contribution >= 4 is 11.8 Å². The smallest absolute Gasteiger partial charge is 0.259 e. The molecule has 6 heteroatoms. The Hall–Kier alpha value is -3.15. The van der Waals surface area contributed by atoms with E-state index in [9.17, 15) is 14.4 Å². The van der Waals surface area contributed by atoms with Crippen molar-refractivity contribution in [3.05, 3.63) is 82.3 Å². The molecule has 0 spiro atoms. The van der Waals surface area contributed by atoms with Crippen LogP contribution in [0.25, 0.3) is 0 Å². The number of amides is 2. The maximum absolute atomic E-state index is 13.1. The molecule has 6 nitrogen and oxygen atoms in total. The van der Waals surface area contributed by atoms with E-state index >= 15 is 0 Å². The Morgan fingerprint density at radius 3 is 2.62 bits per heavy atom. The molecule has 2 amide bonds. The van der Waals surface area contributed by atoms with Crippen molar-refractivity contribution in [1.29, 1.82) is 0 Å². The maximum atomic E-state index is 13.1. The van der Waals surface area contributed by atoms with Gasteiger partial charge in [-0.1, -0.05) is 43.3 Å². The van der Waals surface area contributed by atoms with Crippen LogP contribution in [-0.4, -0.2) is 40.9 Å². The van der Waals surface area contributed by atoms with Crippen molar-refractivity contribution in [3.8, 4) is 0 Å². The lowest BCUT2D eigenvalue weighted by molar-refractivity contribution is 0.0680. The molecule has 1 N–H and O–H groups in total. The minimum absolute atomic E-state index is 0.0290. The lowest BCUT2D eigenvalue weighted by Gasteiger charge is -2.31. The topological polar surface area (TPSA) is 71.4 Å². The van der Waals surface area contributed by atoms with Gasteiger partial charge in [0.1, 0.15) is 11.1 Å². The zero-order valence-electron chi connectivity index (χ0n) is 16.8. The average Bonchev–Trinajstić information content (AvgIpc) is 2.73. The predicted molar refractivity (Wildman–Crippen MR) is 113 cm³/mol. The van der Waals surface area contributed by atoms with Crippen LogP contribution in [0.15, 0.2) is 60.2 Å². The highest BCUT2D eigenvalue weighted by Gasteiger charge is 2.26. The number of hydrogen-bond acceptors (Lipinski definition) is 3. The van der Waals surface area contributed by atoms with E-state index in [-0.39, 0.29) is 23.6 Å². The summed E-state index contributed by atoms with van der Waals surface area (Å²) >= 11 is 0. The molecule has 2 aromatic rings. The summed E-state index contributed by atoms with van der Waals surface area (Å²) < 4.78 is 1.74. The highest BCUT2D eigenvalue weighted by atomic mass is 16.2. The fraction of sp³-hybridized carbons (Fsp3) is 0.348. The molecule has 0 radical (unpaired) electrons. The van der Waals surface area contributed by atoms with Gasteiger partial charge in [-0.15, -0.1) is 6.58 Å². The largest absolute Gasteiger partial charge is 0.348 e. The molecule has 1 atom stereocenters. The van der Waals surface area contributed by atoms with Gasteiger partial charge in [0, 0.05) is 38.6 Å². The van der Waals surface area contributed by atoms with Gasteiger partial charge < -0.3 is 14.8 Å². The third-order valence-corrected chi connectivity index (χ3v) is 5.11. The monoisotopic (exact) mass is 393 g/mol. The molecule has 1 aliphatic heterocycles. The maximum Gasteiger partial charge on any atom is 0.259 e. The molecular weight excluding hydrogens is 366 g/mol. The molecule has 1 fully saturated rings. The SMILES string of the molecule is C=CCNC(=O)c1cn(Cc2ccccc2)cc(C(=O)N2CCCC(C)C2)c1=O. The summed E-state index contributed by atoms with van der Waals surface area (Å²) in [6.45, 7) is 7.65. The van der Waals surface area contributed by atoms with Crippen molar-refractivity contribution in [1.82, 2.24) is 14.8 Å². The van der Waals surface area contributed by atoms with Gasteiger partial charge in [-0.2, -0.15) is 0 Å². The van der Waals surface area contributed by atoms with Gasteiger partial charge in [-0.3, -0.25) is 14.4 Å². The number of piperidine rings is 1. The number of aromatic nitrogens is 1. The van der Waals surface area contributed by atoms with Crippen LogP contribution in [0.2, 0.25) is 0 Å². The fourth-order valence-corrected chi connectivity index (χ4v) is 3.64. The molecule has 3 rings (SSSR count). The fourth-order valence-electron chi connectivity index (χ4n) is 3.64. The summed E-state index contributed by atoms with van der Waals surface area (Å²) in [5.74, 6) is -0.404.